The summed E-state index contributed by atoms with van der Waals surface area (Å²) in [5, 5.41) is 2.84. The van der Waals surface area contributed by atoms with Gasteiger partial charge in [0, 0.05) is 13.0 Å². The second kappa shape index (κ2) is 5.63. The monoisotopic (exact) mass is 193 g/mol. The third-order valence-electron chi connectivity index (χ3n) is 2.27. The predicted octanol–water partition coefficient (Wildman–Crippen LogP) is 2.43. The van der Waals surface area contributed by atoms with Gasteiger partial charge in [-0.25, -0.2) is 0 Å². The maximum atomic E-state index is 11.0. The molecule has 0 atom stereocenters. The summed E-state index contributed by atoms with van der Waals surface area (Å²) in [7, 11) is 0. The Morgan fingerprint density at radius 1 is 1.50 bits per heavy atom. The normalized spacial score (nSPS) is 17.4. The van der Waals surface area contributed by atoms with Crippen molar-refractivity contribution in [1.29, 1.82) is 0 Å². The van der Waals surface area contributed by atoms with Crippen LogP contribution in [0, 0.1) is 5.92 Å². The number of carbonyl (C=O) groups is 1. The van der Waals surface area contributed by atoms with Crippen LogP contribution in [0.25, 0.3) is 0 Å². The minimum Gasteiger partial charge on any atom is -0.352 e. The van der Waals surface area contributed by atoms with E-state index in [1.165, 1.54) is 18.4 Å². The van der Waals surface area contributed by atoms with Gasteiger partial charge in [0.1, 0.15) is 0 Å². The standard InChI is InChI=1S/C12H19NO/c1-3-12(14)13-9-10(2)5-4-6-11-7-8-11/h4-6,11H,3,7-9H2,1-2H3,(H,13,14)/b6-4-,10-5+. The molecule has 0 unspecified atom stereocenters. The molecule has 78 valence electrons. The molecule has 0 spiro atoms. The van der Waals surface area contributed by atoms with Crippen molar-refractivity contribution in [2.24, 2.45) is 5.92 Å². The van der Waals surface area contributed by atoms with Crippen LogP contribution in [-0.4, -0.2) is 12.5 Å². The third-order valence-corrected chi connectivity index (χ3v) is 2.27. The van der Waals surface area contributed by atoms with Gasteiger partial charge < -0.3 is 5.32 Å². The molecule has 0 saturated heterocycles. The quantitative estimate of drug-likeness (QED) is 0.667. The van der Waals surface area contributed by atoms with Gasteiger partial charge in [-0.1, -0.05) is 30.7 Å². The van der Waals surface area contributed by atoms with Gasteiger partial charge in [0.2, 0.25) is 5.91 Å². The Morgan fingerprint density at radius 2 is 2.21 bits per heavy atom. The lowest BCUT2D eigenvalue weighted by molar-refractivity contribution is -0.120. The molecule has 1 N–H and O–H groups in total. The van der Waals surface area contributed by atoms with E-state index >= 15 is 0 Å². The molecule has 1 amide bonds. The maximum absolute atomic E-state index is 11.0. The summed E-state index contributed by atoms with van der Waals surface area (Å²) >= 11 is 0. The summed E-state index contributed by atoms with van der Waals surface area (Å²) in [4.78, 5) is 11.0. The van der Waals surface area contributed by atoms with Gasteiger partial charge in [0.25, 0.3) is 0 Å². The Labute approximate surface area is 86.1 Å². The Bertz CT molecular complexity index is 249. The Balaban J connectivity index is 2.18. The van der Waals surface area contributed by atoms with Gasteiger partial charge in [-0.2, -0.15) is 0 Å². The molecular formula is C12H19NO. The summed E-state index contributed by atoms with van der Waals surface area (Å²) < 4.78 is 0. The summed E-state index contributed by atoms with van der Waals surface area (Å²) in [5.41, 5.74) is 1.20. The average Bonchev–Trinajstić information content (AvgIpc) is 2.98. The lowest BCUT2D eigenvalue weighted by atomic mass is 10.2. The molecule has 14 heavy (non-hydrogen) atoms. The molecule has 1 aliphatic rings. The molecule has 0 bridgehead atoms. The van der Waals surface area contributed by atoms with E-state index in [0.29, 0.717) is 13.0 Å². The van der Waals surface area contributed by atoms with Crippen molar-refractivity contribution in [2.75, 3.05) is 6.54 Å². The van der Waals surface area contributed by atoms with Crippen molar-refractivity contribution in [3.63, 3.8) is 0 Å². The molecule has 1 saturated carbocycles. The van der Waals surface area contributed by atoms with Crippen LogP contribution in [0.3, 0.4) is 0 Å². The van der Waals surface area contributed by atoms with Crippen LogP contribution in [0.15, 0.2) is 23.8 Å². The zero-order valence-electron chi connectivity index (χ0n) is 9.05. The van der Waals surface area contributed by atoms with Gasteiger partial charge in [-0.3, -0.25) is 4.79 Å². The number of carbonyl (C=O) groups excluding carboxylic acids is 1. The molecular weight excluding hydrogens is 174 g/mol. The number of hydrogen-bond donors (Lipinski definition) is 1. The van der Waals surface area contributed by atoms with E-state index in [-0.39, 0.29) is 5.91 Å². The van der Waals surface area contributed by atoms with Crippen molar-refractivity contribution in [3.05, 3.63) is 23.8 Å². The Kier molecular flexibility index (Phi) is 4.44. The van der Waals surface area contributed by atoms with Crippen LogP contribution in [-0.2, 0) is 4.79 Å². The zero-order valence-corrected chi connectivity index (χ0v) is 9.05. The fraction of sp³-hybridized carbons (Fsp3) is 0.583. The van der Waals surface area contributed by atoms with E-state index in [1.807, 2.05) is 13.8 Å². The molecule has 0 aliphatic heterocycles. The first-order valence-corrected chi connectivity index (χ1v) is 5.33. The summed E-state index contributed by atoms with van der Waals surface area (Å²) in [6.45, 7) is 4.57. The molecule has 0 aromatic rings. The predicted molar refractivity (Wildman–Crippen MR) is 58.9 cm³/mol. The molecule has 1 fully saturated rings. The van der Waals surface area contributed by atoms with E-state index in [2.05, 4.69) is 23.5 Å². The third kappa shape index (κ3) is 4.85. The van der Waals surface area contributed by atoms with Crippen molar-refractivity contribution in [2.45, 2.75) is 33.1 Å². The highest BCUT2D eigenvalue weighted by molar-refractivity contribution is 5.75. The summed E-state index contributed by atoms with van der Waals surface area (Å²) in [6.07, 6.45) is 9.67. The number of amides is 1. The average molecular weight is 193 g/mol. The lowest BCUT2D eigenvalue weighted by Crippen LogP contribution is -2.23. The largest absolute Gasteiger partial charge is 0.352 e. The van der Waals surface area contributed by atoms with Crippen LogP contribution in [0.5, 0.6) is 0 Å². The molecule has 2 heteroatoms. The molecule has 1 rings (SSSR count). The first-order chi connectivity index (χ1) is 6.72. The fourth-order valence-corrected chi connectivity index (χ4v) is 1.09. The molecule has 0 radical (unpaired) electrons. The van der Waals surface area contributed by atoms with E-state index in [9.17, 15) is 4.79 Å². The van der Waals surface area contributed by atoms with Gasteiger partial charge in [-0.05, 0) is 25.7 Å². The summed E-state index contributed by atoms with van der Waals surface area (Å²) in [5.74, 6) is 0.938. The van der Waals surface area contributed by atoms with Crippen LogP contribution in [0.1, 0.15) is 33.1 Å². The van der Waals surface area contributed by atoms with Crippen molar-refractivity contribution >= 4 is 5.91 Å². The lowest BCUT2D eigenvalue weighted by Gasteiger charge is -2.02. The smallest absolute Gasteiger partial charge is 0.219 e. The first kappa shape index (κ1) is 11.0. The Hall–Kier alpha value is -1.05. The minimum absolute atomic E-state index is 0.115. The molecule has 2 nitrogen and oxygen atoms in total. The van der Waals surface area contributed by atoms with Crippen molar-refractivity contribution < 1.29 is 4.79 Å². The molecule has 1 aliphatic carbocycles. The summed E-state index contributed by atoms with van der Waals surface area (Å²) in [6, 6.07) is 0. The van der Waals surface area contributed by atoms with Crippen molar-refractivity contribution in [1.82, 2.24) is 5.32 Å². The van der Waals surface area contributed by atoms with Crippen LogP contribution in [0.4, 0.5) is 0 Å². The SMILES string of the molecule is CCC(=O)NC/C(C)=C/C=C\C1CC1. The molecule has 0 aromatic heterocycles. The number of allylic oxidation sites excluding steroid dienone is 3. The fourth-order valence-electron chi connectivity index (χ4n) is 1.09. The maximum Gasteiger partial charge on any atom is 0.219 e. The van der Waals surface area contributed by atoms with Gasteiger partial charge in [-0.15, -0.1) is 0 Å². The Morgan fingerprint density at radius 3 is 2.79 bits per heavy atom. The minimum atomic E-state index is 0.115. The second-order valence-corrected chi connectivity index (χ2v) is 3.87. The highest BCUT2D eigenvalue weighted by Gasteiger charge is 2.16. The zero-order chi connectivity index (χ0) is 10.4. The highest BCUT2D eigenvalue weighted by Crippen LogP contribution is 2.29. The highest BCUT2D eigenvalue weighted by atomic mass is 16.1. The van der Waals surface area contributed by atoms with Crippen LogP contribution < -0.4 is 5.32 Å². The van der Waals surface area contributed by atoms with Gasteiger partial charge >= 0.3 is 0 Å². The molecule has 0 heterocycles. The van der Waals surface area contributed by atoms with Gasteiger partial charge in [0.05, 0.1) is 0 Å². The first-order valence-electron chi connectivity index (χ1n) is 5.33. The topological polar surface area (TPSA) is 29.1 Å². The van der Waals surface area contributed by atoms with E-state index in [4.69, 9.17) is 0 Å². The van der Waals surface area contributed by atoms with Crippen molar-refractivity contribution in [3.8, 4) is 0 Å². The second-order valence-electron chi connectivity index (χ2n) is 3.87. The number of hydrogen-bond acceptors (Lipinski definition) is 1. The van der Waals surface area contributed by atoms with Crippen LogP contribution >= 0.6 is 0 Å². The number of nitrogens with one attached hydrogen (secondary N) is 1. The molecule has 0 aromatic carbocycles. The van der Waals surface area contributed by atoms with E-state index in [1.54, 1.807) is 0 Å². The van der Waals surface area contributed by atoms with E-state index in [0.717, 1.165) is 5.92 Å². The van der Waals surface area contributed by atoms with Crippen LogP contribution in [0.2, 0.25) is 0 Å². The number of rotatable bonds is 5. The van der Waals surface area contributed by atoms with E-state index < -0.39 is 0 Å². The van der Waals surface area contributed by atoms with Gasteiger partial charge in [0.15, 0.2) is 0 Å².